The Balaban J connectivity index is 0. The van der Waals surface area contributed by atoms with Crippen molar-refractivity contribution in [2.24, 2.45) is 11.7 Å². The summed E-state index contributed by atoms with van der Waals surface area (Å²) in [5, 5.41) is 7.91. The van der Waals surface area contributed by atoms with Gasteiger partial charge in [-0.05, 0) is 6.42 Å². The van der Waals surface area contributed by atoms with E-state index in [4.69, 9.17) is 5.11 Å². The van der Waals surface area contributed by atoms with Gasteiger partial charge in [-0.15, -0.1) is 0 Å². The Morgan fingerprint density at radius 2 is 1.75 bits per heavy atom. The summed E-state index contributed by atoms with van der Waals surface area (Å²) in [4.78, 5) is 19.3. The first-order valence-corrected chi connectivity index (χ1v) is 3.27. The molecule has 12 heavy (non-hydrogen) atoms. The zero-order chi connectivity index (χ0) is 9.98. The number of carboxylic acid groups (broad SMARTS) is 1. The fraction of sp³-hybridized carbons (Fsp3) is 0.600. The highest BCUT2D eigenvalue weighted by atomic mass is 16.4. The number of carboxylic acids is 1. The smallest absolute Gasteiger partial charge is 0.343 e. The Kier molecular flexibility index (Phi) is 10.7. The van der Waals surface area contributed by atoms with Crippen LogP contribution >= 0.6 is 0 Å². The summed E-state index contributed by atoms with van der Waals surface area (Å²) < 4.78 is 0. The zero-order valence-electron chi connectivity index (χ0n) is 6.83. The van der Waals surface area contributed by atoms with E-state index in [1.807, 2.05) is 6.92 Å². The lowest BCUT2D eigenvalue weighted by Crippen LogP contribution is -2.43. The number of carbonyl (C=O) groups excluding carboxylic acids is 1. The Morgan fingerprint density at radius 1 is 1.33 bits per heavy atom. The maximum absolute atomic E-state index is 9.71. The summed E-state index contributed by atoms with van der Waals surface area (Å²) in [5.74, 6) is 8.37. The van der Waals surface area contributed by atoms with Crippen LogP contribution in [0.1, 0.15) is 19.8 Å². The minimum Gasteiger partial charge on any atom is -0.481 e. The maximum atomic E-state index is 9.71. The van der Waals surface area contributed by atoms with Crippen LogP contribution in [0.5, 0.6) is 0 Å². The molecule has 0 rings (SSSR count). The van der Waals surface area contributed by atoms with Crippen LogP contribution in [0.3, 0.4) is 0 Å². The summed E-state index contributed by atoms with van der Waals surface area (Å²) in [7, 11) is 0. The fourth-order valence-electron chi connectivity index (χ4n) is 0.256. The van der Waals surface area contributed by atoms with Gasteiger partial charge in [-0.2, -0.15) is 0 Å². The number of nitrogens with two attached hydrogens (primary N) is 2. The third-order valence-electron chi connectivity index (χ3n) is 0.726. The molecule has 0 aliphatic heterocycles. The number of hydrogen-bond donors (Lipinski definition) is 5. The van der Waals surface area contributed by atoms with E-state index in [2.05, 4.69) is 11.7 Å². The molecule has 72 valence electrons. The zero-order valence-corrected chi connectivity index (χ0v) is 6.83. The molecule has 0 saturated heterocycles. The van der Waals surface area contributed by atoms with E-state index in [1.54, 1.807) is 10.9 Å². The van der Waals surface area contributed by atoms with Crippen LogP contribution in [-0.2, 0) is 4.79 Å². The normalized spacial score (nSPS) is 7.58. The van der Waals surface area contributed by atoms with Crippen molar-refractivity contribution < 1.29 is 14.7 Å². The Hall–Kier alpha value is -1.34. The van der Waals surface area contributed by atoms with E-state index >= 15 is 0 Å². The highest BCUT2D eigenvalue weighted by molar-refractivity contribution is 5.72. The molecule has 0 spiro atoms. The van der Waals surface area contributed by atoms with Crippen LogP contribution in [0.15, 0.2) is 0 Å². The van der Waals surface area contributed by atoms with E-state index in [-0.39, 0.29) is 0 Å². The molecule has 0 bridgehead atoms. The molecule has 0 fully saturated rings. The van der Waals surface area contributed by atoms with Crippen LogP contribution in [0.4, 0.5) is 4.79 Å². The molecular formula is C5H14N4O3. The van der Waals surface area contributed by atoms with Crippen molar-refractivity contribution in [2.75, 3.05) is 0 Å². The van der Waals surface area contributed by atoms with Crippen LogP contribution in [-0.4, -0.2) is 17.1 Å². The summed E-state index contributed by atoms with van der Waals surface area (Å²) in [6.07, 6.45) is 1.02. The van der Waals surface area contributed by atoms with E-state index in [0.29, 0.717) is 6.42 Å². The second kappa shape index (κ2) is 9.66. The molecule has 0 heterocycles. The Morgan fingerprint density at radius 3 is 1.75 bits per heavy atom. The minimum atomic E-state index is -0.711. The summed E-state index contributed by atoms with van der Waals surface area (Å²) in [5.41, 5.74) is 3.48. The minimum absolute atomic E-state index is 0.292. The van der Waals surface area contributed by atoms with Crippen LogP contribution in [0.2, 0.25) is 0 Å². The lowest BCUT2D eigenvalue weighted by Gasteiger charge is -1.90. The van der Waals surface area contributed by atoms with E-state index in [0.717, 1.165) is 6.42 Å². The first-order chi connectivity index (χ1) is 5.58. The third kappa shape index (κ3) is 15.9. The van der Waals surface area contributed by atoms with Crippen molar-refractivity contribution in [2.45, 2.75) is 19.8 Å². The maximum Gasteiger partial charge on any atom is 0.343 e. The number of hydrazine groups is 2. The third-order valence-corrected chi connectivity index (χ3v) is 0.726. The molecule has 0 aromatic rings. The molecule has 0 saturated carbocycles. The number of amides is 2. The monoisotopic (exact) mass is 178 g/mol. The number of nitrogens with one attached hydrogen (secondary N) is 2. The molecule has 7 N–H and O–H groups in total. The Labute approximate surface area is 70.0 Å². The number of aliphatic carboxylic acids is 1. The molecule has 0 aromatic heterocycles. The molecule has 0 unspecified atom stereocenters. The van der Waals surface area contributed by atoms with Crippen molar-refractivity contribution in [3.05, 3.63) is 0 Å². The fourth-order valence-corrected chi connectivity index (χ4v) is 0.256. The SMILES string of the molecule is CCCC(=O)O.NNC(=O)NN. The van der Waals surface area contributed by atoms with Crippen LogP contribution < -0.4 is 22.5 Å². The van der Waals surface area contributed by atoms with Gasteiger partial charge in [0.1, 0.15) is 0 Å². The van der Waals surface area contributed by atoms with Crippen molar-refractivity contribution in [1.29, 1.82) is 0 Å². The molecule has 0 aromatic carbocycles. The molecule has 0 atom stereocenters. The van der Waals surface area contributed by atoms with Crippen molar-refractivity contribution in [3.8, 4) is 0 Å². The number of urea groups is 1. The van der Waals surface area contributed by atoms with E-state index in [1.165, 1.54) is 0 Å². The van der Waals surface area contributed by atoms with Crippen molar-refractivity contribution in [1.82, 2.24) is 10.9 Å². The number of hydrogen-bond acceptors (Lipinski definition) is 4. The second-order valence-electron chi connectivity index (χ2n) is 1.76. The van der Waals surface area contributed by atoms with Crippen LogP contribution in [0.25, 0.3) is 0 Å². The predicted molar refractivity (Wildman–Crippen MR) is 42.6 cm³/mol. The molecular weight excluding hydrogens is 164 g/mol. The second-order valence-corrected chi connectivity index (χ2v) is 1.76. The summed E-state index contributed by atoms with van der Waals surface area (Å²) >= 11 is 0. The largest absolute Gasteiger partial charge is 0.481 e. The molecule has 7 nitrogen and oxygen atoms in total. The van der Waals surface area contributed by atoms with E-state index < -0.39 is 12.0 Å². The van der Waals surface area contributed by atoms with Crippen LogP contribution in [0, 0.1) is 0 Å². The first-order valence-electron chi connectivity index (χ1n) is 3.27. The van der Waals surface area contributed by atoms with Gasteiger partial charge < -0.3 is 5.11 Å². The van der Waals surface area contributed by atoms with Gasteiger partial charge in [-0.3, -0.25) is 15.6 Å². The Bertz CT molecular complexity index is 133. The highest BCUT2D eigenvalue weighted by Crippen LogP contribution is 1.82. The molecule has 0 aliphatic carbocycles. The lowest BCUT2D eigenvalue weighted by molar-refractivity contribution is -0.137. The van der Waals surface area contributed by atoms with Crippen molar-refractivity contribution >= 4 is 12.0 Å². The average Bonchev–Trinajstić information content (AvgIpc) is 2.04. The summed E-state index contributed by atoms with van der Waals surface area (Å²) in [6.45, 7) is 1.84. The van der Waals surface area contributed by atoms with Gasteiger partial charge in [0, 0.05) is 6.42 Å². The summed E-state index contributed by atoms with van der Waals surface area (Å²) in [6, 6.07) is -0.602. The van der Waals surface area contributed by atoms with E-state index in [9.17, 15) is 9.59 Å². The van der Waals surface area contributed by atoms with Gasteiger partial charge in [0.15, 0.2) is 0 Å². The molecule has 7 heteroatoms. The number of rotatable bonds is 2. The quantitative estimate of drug-likeness (QED) is 0.208. The van der Waals surface area contributed by atoms with Gasteiger partial charge in [0.25, 0.3) is 0 Å². The highest BCUT2D eigenvalue weighted by Gasteiger charge is 1.87. The van der Waals surface area contributed by atoms with Gasteiger partial charge in [-0.25, -0.2) is 16.5 Å². The van der Waals surface area contributed by atoms with Gasteiger partial charge in [0.05, 0.1) is 0 Å². The number of carbonyl (C=O) groups is 2. The van der Waals surface area contributed by atoms with Gasteiger partial charge >= 0.3 is 12.0 Å². The molecule has 2 amide bonds. The lowest BCUT2D eigenvalue weighted by atomic mass is 10.4. The predicted octanol–water partition coefficient (Wildman–Crippen LogP) is -1.10. The van der Waals surface area contributed by atoms with Crippen molar-refractivity contribution in [3.63, 3.8) is 0 Å². The molecule has 0 aliphatic rings. The molecule has 0 radical (unpaired) electrons. The first kappa shape index (κ1) is 13.3. The standard InChI is InChI=1S/C4H8O2.CH6N4O/c1-2-3-4(5)6;2-4-1(6)5-3/h2-3H2,1H3,(H,5,6);2-3H2,(H2,4,5,6). The van der Waals surface area contributed by atoms with Gasteiger partial charge in [0.2, 0.25) is 0 Å². The van der Waals surface area contributed by atoms with Gasteiger partial charge in [-0.1, -0.05) is 6.92 Å². The average molecular weight is 178 g/mol. The topological polar surface area (TPSA) is 130 Å².